The first-order valence-electron chi connectivity index (χ1n) is 11.6. The molecule has 0 saturated carbocycles. The number of nitrogens with zero attached hydrogens (tertiary/aromatic N) is 3. The van der Waals surface area contributed by atoms with Crippen LogP contribution in [0.4, 0.5) is 11.4 Å². The summed E-state index contributed by atoms with van der Waals surface area (Å²) < 4.78 is 26.3. The second-order valence-corrected chi connectivity index (χ2v) is 10.8. The van der Waals surface area contributed by atoms with Crippen LogP contribution in [0.15, 0.2) is 66.9 Å². The van der Waals surface area contributed by atoms with Crippen LogP contribution in [-0.4, -0.2) is 36.6 Å². The number of carbonyl (C=O) groups is 1. The maximum Gasteiger partial charge on any atom is 0.255 e. The number of benzene rings is 3. The van der Waals surface area contributed by atoms with Gasteiger partial charge in [0, 0.05) is 34.9 Å². The molecule has 1 amide bonds. The predicted molar refractivity (Wildman–Crippen MR) is 139 cm³/mol. The van der Waals surface area contributed by atoms with E-state index in [0.717, 1.165) is 28.5 Å². The quantitative estimate of drug-likeness (QED) is 0.433. The van der Waals surface area contributed by atoms with Crippen LogP contribution in [0.1, 0.15) is 34.3 Å². The molecule has 0 spiro atoms. The number of fused-ring (bicyclic) bond motifs is 1. The van der Waals surface area contributed by atoms with Crippen LogP contribution >= 0.6 is 0 Å². The lowest BCUT2D eigenvalue weighted by molar-refractivity contribution is 0.102. The first-order valence-corrected chi connectivity index (χ1v) is 13.2. The normalized spacial score (nSPS) is 15.2. The molecular formula is C27H26N4O3S. The van der Waals surface area contributed by atoms with Crippen LogP contribution in [0.5, 0.6) is 0 Å². The van der Waals surface area contributed by atoms with E-state index >= 15 is 0 Å². The number of para-hydroxylation sites is 1. The number of hydrogen-bond donors (Lipinski definition) is 1. The third-order valence-electron chi connectivity index (χ3n) is 6.32. The van der Waals surface area contributed by atoms with Gasteiger partial charge in [0.1, 0.15) is 0 Å². The van der Waals surface area contributed by atoms with Gasteiger partial charge in [-0.3, -0.25) is 9.10 Å². The zero-order valence-electron chi connectivity index (χ0n) is 19.7. The molecule has 3 aromatic carbocycles. The molecule has 1 fully saturated rings. The highest BCUT2D eigenvalue weighted by Crippen LogP contribution is 2.28. The van der Waals surface area contributed by atoms with Gasteiger partial charge in [0.25, 0.3) is 5.91 Å². The van der Waals surface area contributed by atoms with Gasteiger partial charge < -0.3 is 5.32 Å². The Labute approximate surface area is 204 Å². The van der Waals surface area contributed by atoms with Crippen LogP contribution in [0, 0.1) is 13.8 Å². The van der Waals surface area contributed by atoms with Crippen LogP contribution in [0.25, 0.3) is 22.3 Å². The summed E-state index contributed by atoms with van der Waals surface area (Å²) in [5.74, 6) is 0.496. The zero-order valence-corrected chi connectivity index (χ0v) is 20.5. The molecular weight excluding hydrogens is 460 g/mol. The first kappa shape index (κ1) is 23.0. The van der Waals surface area contributed by atoms with E-state index in [9.17, 15) is 13.2 Å². The van der Waals surface area contributed by atoms with E-state index < -0.39 is 10.0 Å². The van der Waals surface area contributed by atoms with Crippen molar-refractivity contribution in [2.24, 2.45) is 0 Å². The van der Waals surface area contributed by atoms with E-state index in [1.54, 1.807) is 24.4 Å². The summed E-state index contributed by atoms with van der Waals surface area (Å²) in [6, 6.07) is 18.6. The second kappa shape index (κ2) is 9.11. The van der Waals surface area contributed by atoms with Crippen LogP contribution < -0.4 is 9.62 Å². The lowest BCUT2D eigenvalue weighted by Gasteiger charge is -2.28. The number of nitrogens with one attached hydrogen (secondary N) is 1. The molecule has 1 aromatic heterocycles. The van der Waals surface area contributed by atoms with E-state index in [1.165, 1.54) is 4.31 Å². The molecule has 1 N–H and O–H groups in total. The lowest BCUT2D eigenvalue weighted by Crippen LogP contribution is -2.37. The summed E-state index contributed by atoms with van der Waals surface area (Å²) in [4.78, 5) is 22.3. The maximum atomic E-state index is 13.1. The fourth-order valence-electron chi connectivity index (χ4n) is 4.38. The molecule has 7 nitrogen and oxygen atoms in total. The van der Waals surface area contributed by atoms with Gasteiger partial charge in [0.15, 0.2) is 5.82 Å². The molecule has 0 atom stereocenters. The summed E-state index contributed by atoms with van der Waals surface area (Å²) in [5.41, 5.74) is 5.15. The van der Waals surface area contributed by atoms with Gasteiger partial charge in [-0.2, -0.15) is 0 Å². The Morgan fingerprint density at radius 2 is 1.80 bits per heavy atom. The van der Waals surface area contributed by atoms with Crippen molar-refractivity contribution in [3.63, 3.8) is 0 Å². The van der Waals surface area contributed by atoms with Gasteiger partial charge in [-0.1, -0.05) is 24.3 Å². The summed E-state index contributed by atoms with van der Waals surface area (Å²) in [5, 5.41) is 3.93. The third-order valence-corrected chi connectivity index (χ3v) is 8.19. The van der Waals surface area contributed by atoms with Crippen molar-refractivity contribution >= 4 is 38.2 Å². The minimum Gasteiger partial charge on any atom is -0.322 e. The van der Waals surface area contributed by atoms with Gasteiger partial charge in [0.2, 0.25) is 10.0 Å². The largest absolute Gasteiger partial charge is 0.322 e. The smallest absolute Gasteiger partial charge is 0.255 e. The number of rotatable bonds is 4. The molecule has 8 heteroatoms. The Morgan fingerprint density at radius 3 is 2.60 bits per heavy atom. The van der Waals surface area contributed by atoms with Crippen molar-refractivity contribution in [2.75, 3.05) is 21.9 Å². The van der Waals surface area contributed by atoms with E-state index in [-0.39, 0.29) is 11.7 Å². The average Bonchev–Trinajstić information content (AvgIpc) is 2.84. The van der Waals surface area contributed by atoms with Gasteiger partial charge in [0.05, 0.1) is 17.0 Å². The standard InChI is InChI=1S/C27H26N4O3S/c1-18-9-10-21(16-24(18)26-28-17-20-7-3-4-8-25(20)30-26)29-27(32)23-12-11-22(15-19(23)2)31-13-5-6-14-35(31,33)34/h3-4,7-12,15-17H,5-6,13-14H2,1-2H3,(H,29,32). The minimum atomic E-state index is -3.30. The highest BCUT2D eigenvalue weighted by Gasteiger charge is 2.26. The topological polar surface area (TPSA) is 92.3 Å². The number of anilines is 2. The van der Waals surface area contributed by atoms with Crippen molar-refractivity contribution in [3.8, 4) is 11.4 Å². The van der Waals surface area contributed by atoms with E-state index in [0.29, 0.717) is 41.3 Å². The number of carbonyl (C=O) groups excluding carboxylic acids is 1. The molecule has 2 heterocycles. The summed E-state index contributed by atoms with van der Waals surface area (Å²) >= 11 is 0. The van der Waals surface area contributed by atoms with Crippen molar-refractivity contribution in [1.82, 2.24) is 9.97 Å². The zero-order chi connectivity index (χ0) is 24.6. The third kappa shape index (κ3) is 4.61. The molecule has 5 rings (SSSR count). The van der Waals surface area contributed by atoms with E-state index in [4.69, 9.17) is 0 Å². The number of hydrogen-bond acceptors (Lipinski definition) is 5. The molecule has 1 aliphatic heterocycles. The SMILES string of the molecule is Cc1cc(N2CCCCS2(=O)=O)ccc1C(=O)Nc1ccc(C)c(-c2ncc3ccccc3n2)c1. The summed E-state index contributed by atoms with van der Waals surface area (Å²) in [6.07, 6.45) is 3.31. The fourth-order valence-corrected chi connectivity index (χ4v) is 6.01. The fraction of sp³-hybridized carbons (Fsp3) is 0.222. The number of aryl methyl sites for hydroxylation is 2. The number of amides is 1. The Balaban J connectivity index is 1.40. The molecule has 4 aromatic rings. The van der Waals surface area contributed by atoms with Crippen molar-refractivity contribution < 1.29 is 13.2 Å². The van der Waals surface area contributed by atoms with Gasteiger partial charge >= 0.3 is 0 Å². The van der Waals surface area contributed by atoms with Gasteiger partial charge in [-0.05, 0) is 74.2 Å². The van der Waals surface area contributed by atoms with Gasteiger partial charge in [-0.15, -0.1) is 0 Å². The number of sulfonamides is 1. The lowest BCUT2D eigenvalue weighted by atomic mass is 10.0. The Hall–Kier alpha value is -3.78. The average molecular weight is 487 g/mol. The summed E-state index contributed by atoms with van der Waals surface area (Å²) in [7, 11) is -3.30. The van der Waals surface area contributed by atoms with Crippen LogP contribution in [-0.2, 0) is 10.0 Å². The monoisotopic (exact) mass is 486 g/mol. The minimum absolute atomic E-state index is 0.158. The molecule has 1 aliphatic rings. The molecule has 0 unspecified atom stereocenters. The highest BCUT2D eigenvalue weighted by molar-refractivity contribution is 7.92. The van der Waals surface area contributed by atoms with Gasteiger partial charge in [-0.25, -0.2) is 18.4 Å². The van der Waals surface area contributed by atoms with Crippen molar-refractivity contribution in [3.05, 3.63) is 83.6 Å². The predicted octanol–water partition coefficient (Wildman–Crippen LogP) is 5.10. The molecule has 0 aliphatic carbocycles. The van der Waals surface area contributed by atoms with Crippen molar-refractivity contribution in [1.29, 1.82) is 0 Å². The van der Waals surface area contributed by atoms with Crippen molar-refractivity contribution in [2.45, 2.75) is 26.7 Å². The molecule has 1 saturated heterocycles. The van der Waals surface area contributed by atoms with Crippen LogP contribution in [0.3, 0.4) is 0 Å². The van der Waals surface area contributed by atoms with E-state index in [1.807, 2.05) is 56.3 Å². The molecule has 178 valence electrons. The first-order chi connectivity index (χ1) is 16.8. The Kier molecular flexibility index (Phi) is 5.98. The molecule has 0 bridgehead atoms. The Bertz CT molecular complexity index is 1550. The molecule has 35 heavy (non-hydrogen) atoms. The molecule has 0 radical (unpaired) electrons. The second-order valence-electron chi connectivity index (χ2n) is 8.83. The Morgan fingerprint density at radius 1 is 0.971 bits per heavy atom. The summed E-state index contributed by atoms with van der Waals surface area (Å²) in [6.45, 7) is 4.27. The van der Waals surface area contributed by atoms with Crippen LogP contribution in [0.2, 0.25) is 0 Å². The van der Waals surface area contributed by atoms with E-state index in [2.05, 4.69) is 15.3 Å². The highest BCUT2D eigenvalue weighted by atomic mass is 32.2. The maximum absolute atomic E-state index is 13.1. The number of aromatic nitrogens is 2.